The van der Waals surface area contributed by atoms with Crippen molar-refractivity contribution in [2.24, 2.45) is 5.92 Å². The van der Waals surface area contributed by atoms with Gasteiger partial charge in [-0.25, -0.2) is 9.78 Å². The summed E-state index contributed by atoms with van der Waals surface area (Å²) in [5, 5.41) is 12.9. The third-order valence-electron chi connectivity index (χ3n) is 7.92. The van der Waals surface area contributed by atoms with E-state index in [2.05, 4.69) is 18.8 Å². The van der Waals surface area contributed by atoms with Crippen LogP contribution in [0.25, 0.3) is 22.6 Å². The van der Waals surface area contributed by atoms with Gasteiger partial charge in [-0.2, -0.15) is 0 Å². The third kappa shape index (κ3) is 7.84. The fourth-order valence-corrected chi connectivity index (χ4v) is 6.44. The highest BCUT2D eigenvalue weighted by molar-refractivity contribution is 7.99. The number of aliphatic hydroxyl groups excluding tert-OH is 1. The van der Waals surface area contributed by atoms with E-state index in [0.29, 0.717) is 16.7 Å². The van der Waals surface area contributed by atoms with Crippen molar-refractivity contribution in [2.45, 2.75) is 37.3 Å². The van der Waals surface area contributed by atoms with Gasteiger partial charge in [0.1, 0.15) is 12.3 Å². The van der Waals surface area contributed by atoms with Gasteiger partial charge in [-0.15, -0.1) is 0 Å². The molecule has 1 fully saturated rings. The van der Waals surface area contributed by atoms with E-state index in [9.17, 15) is 9.90 Å². The van der Waals surface area contributed by atoms with Gasteiger partial charge in [0.05, 0.1) is 18.8 Å². The average Bonchev–Trinajstić information content (AvgIpc) is 3.56. The molecule has 2 heterocycles. The minimum absolute atomic E-state index is 0.0343. The second-order valence-electron chi connectivity index (χ2n) is 11.2. The lowest BCUT2D eigenvalue weighted by Crippen LogP contribution is -2.38. The molecule has 9 heteroatoms. The van der Waals surface area contributed by atoms with Crippen LogP contribution < -0.4 is 5.32 Å². The fraction of sp³-hybridized carbons (Fsp3) is 0.211. The van der Waals surface area contributed by atoms with Crippen molar-refractivity contribution < 1.29 is 28.5 Å². The molecule has 240 valence electrons. The number of hydrogen-bond acceptors (Lipinski definition) is 8. The number of benzene rings is 4. The number of aliphatic hydroxyl groups is 1. The number of carbonyl (C=O) groups excluding carboxylic acids is 1. The van der Waals surface area contributed by atoms with E-state index in [-0.39, 0.29) is 31.3 Å². The van der Waals surface area contributed by atoms with Gasteiger partial charge in [0.25, 0.3) is 5.22 Å². The molecule has 0 aliphatic carbocycles. The van der Waals surface area contributed by atoms with Crippen LogP contribution in [-0.2, 0) is 20.8 Å². The van der Waals surface area contributed by atoms with Crippen molar-refractivity contribution in [2.75, 3.05) is 17.7 Å². The summed E-state index contributed by atoms with van der Waals surface area (Å²) in [6, 6.07) is 35.1. The molecule has 4 unspecified atom stereocenters. The second kappa shape index (κ2) is 15.3. The predicted molar refractivity (Wildman–Crippen MR) is 183 cm³/mol. The molecule has 6 rings (SSSR count). The lowest BCUT2D eigenvalue weighted by molar-refractivity contribution is -0.268. The van der Waals surface area contributed by atoms with Gasteiger partial charge in [-0.3, -0.25) is 5.32 Å². The summed E-state index contributed by atoms with van der Waals surface area (Å²) < 4.78 is 24.7. The molecule has 8 nitrogen and oxygen atoms in total. The Labute approximate surface area is 278 Å². The Hall–Kier alpha value is -4.67. The molecule has 4 aromatic carbocycles. The third-order valence-corrected chi connectivity index (χ3v) is 8.84. The highest BCUT2D eigenvalue weighted by atomic mass is 32.2. The maximum Gasteiger partial charge on any atom is 0.411 e. The van der Waals surface area contributed by atoms with E-state index in [0.717, 1.165) is 39.3 Å². The molecule has 5 aromatic rings. The maximum atomic E-state index is 12.2. The van der Waals surface area contributed by atoms with Crippen molar-refractivity contribution in [3.8, 4) is 22.6 Å². The molecule has 1 aliphatic heterocycles. The molecule has 0 radical (unpaired) electrons. The number of thioether (sulfide) groups is 1. The van der Waals surface area contributed by atoms with Gasteiger partial charge < -0.3 is 23.7 Å². The number of rotatable bonds is 11. The predicted octanol–water partition coefficient (Wildman–Crippen LogP) is 8.82. The quantitative estimate of drug-likeness (QED) is 0.108. The van der Waals surface area contributed by atoms with E-state index in [1.807, 2.05) is 103 Å². The van der Waals surface area contributed by atoms with Gasteiger partial charge >= 0.3 is 6.09 Å². The smallest absolute Gasteiger partial charge is 0.411 e. The summed E-state index contributed by atoms with van der Waals surface area (Å²) in [4.78, 5) is 17.1. The molecule has 1 saturated heterocycles. The molecular weight excluding hydrogens is 612 g/mol. The summed E-state index contributed by atoms with van der Waals surface area (Å²) in [6.07, 6.45) is -0.328. The van der Waals surface area contributed by atoms with Gasteiger partial charge in [0.2, 0.25) is 0 Å². The zero-order valence-electron chi connectivity index (χ0n) is 26.0. The number of carbonyl (C=O) groups is 1. The van der Waals surface area contributed by atoms with Crippen molar-refractivity contribution >= 4 is 23.5 Å². The zero-order chi connectivity index (χ0) is 32.6. The van der Waals surface area contributed by atoms with Crippen LogP contribution in [0, 0.1) is 5.92 Å². The topological polar surface area (TPSA) is 103 Å². The summed E-state index contributed by atoms with van der Waals surface area (Å²) >= 11 is 1.50. The van der Waals surface area contributed by atoms with Crippen LogP contribution in [0.4, 0.5) is 10.5 Å². The van der Waals surface area contributed by atoms with Crippen LogP contribution in [0.3, 0.4) is 0 Å². The number of hydrogen-bond donors (Lipinski definition) is 2. The number of nitrogens with zero attached hydrogens (tertiary/aromatic N) is 1. The summed E-state index contributed by atoms with van der Waals surface area (Å²) in [5.41, 5.74) is 5.83. The molecule has 47 heavy (non-hydrogen) atoms. The van der Waals surface area contributed by atoms with Crippen molar-refractivity contribution in [1.29, 1.82) is 0 Å². The first-order valence-corrected chi connectivity index (χ1v) is 16.4. The summed E-state index contributed by atoms with van der Waals surface area (Å²) in [6.45, 7) is 5.76. The molecule has 0 spiro atoms. The SMILES string of the molecule is C=CCOC(=O)Nc1cccc(C2OC(CSc3nc(-c4ccccc4)c(-c4ccccc4)o3)C(C)C(c3ccc(CO)cc3)O2)c1. The van der Waals surface area contributed by atoms with E-state index in [1.165, 1.54) is 17.8 Å². The highest BCUT2D eigenvalue weighted by Crippen LogP contribution is 2.44. The van der Waals surface area contributed by atoms with Crippen molar-refractivity contribution in [3.05, 3.63) is 139 Å². The van der Waals surface area contributed by atoms with E-state index >= 15 is 0 Å². The van der Waals surface area contributed by atoms with E-state index < -0.39 is 12.4 Å². The Kier molecular flexibility index (Phi) is 10.5. The first-order valence-electron chi connectivity index (χ1n) is 15.4. The fourth-order valence-electron chi connectivity index (χ4n) is 5.45. The van der Waals surface area contributed by atoms with Gasteiger partial charge in [-0.1, -0.05) is 128 Å². The van der Waals surface area contributed by atoms with Crippen LogP contribution in [0.15, 0.2) is 131 Å². The molecule has 1 amide bonds. The van der Waals surface area contributed by atoms with E-state index in [4.69, 9.17) is 23.6 Å². The van der Waals surface area contributed by atoms with Crippen LogP contribution in [0.2, 0.25) is 0 Å². The van der Waals surface area contributed by atoms with Crippen LogP contribution in [0.5, 0.6) is 0 Å². The Balaban J connectivity index is 1.27. The summed E-state index contributed by atoms with van der Waals surface area (Å²) in [5.74, 6) is 1.24. The molecule has 1 aromatic heterocycles. The van der Waals surface area contributed by atoms with Crippen molar-refractivity contribution in [1.82, 2.24) is 4.98 Å². The monoisotopic (exact) mass is 648 g/mol. The first-order chi connectivity index (χ1) is 23.0. The number of oxazole rings is 1. The van der Waals surface area contributed by atoms with E-state index in [1.54, 1.807) is 6.07 Å². The van der Waals surface area contributed by atoms with Crippen LogP contribution in [0.1, 0.15) is 36.0 Å². The Morgan fingerprint density at radius 3 is 2.36 bits per heavy atom. The standard InChI is InChI=1S/C38H36N2O6S/c1-3-21-43-37(42)39-31-16-10-15-30(22-31)36-44-32(25(2)34(45-36)29-19-17-26(23-41)18-20-29)24-47-38-40-33(27-11-6-4-7-12-27)35(46-38)28-13-8-5-9-14-28/h3-20,22,25,32,34,36,41H,1,21,23-24H2,2H3,(H,39,42). The second-order valence-corrected chi connectivity index (χ2v) is 12.1. The highest BCUT2D eigenvalue weighted by Gasteiger charge is 2.39. The van der Waals surface area contributed by atoms with Gasteiger partial charge in [0.15, 0.2) is 12.1 Å². The normalized spacial score (nSPS) is 19.2. The molecular formula is C38H36N2O6S. The molecule has 0 saturated carbocycles. The number of ether oxygens (including phenoxy) is 3. The Morgan fingerprint density at radius 1 is 0.936 bits per heavy atom. The van der Waals surface area contributed by atoms with Gasteiger partial charge in [0, 0.05) is 34.0 Å². The molecule has 0 bridgehead atoms. The Morgan fingerprint density at radius 2 is 1.66 bits per heavy atom. The number of anilines is 1. The number of aromatic nitrogens is 1. The largest absolute Gasteiger partial charge is 0.445 e. The van der Waals surface area contributed by atoms with Gasteiger partial charge in [-0.05, 0) is 23.3 Å². The zero-order valence-corrected chi connectivity index (χ0v) is 26.8. The average molecular weight is 649 g/mol. The lowest BCUT2D eigenvalue weighted by atomic mass is 9.91. The van der Waals surface area contributed by atoms with Crippen LogP contribution >= 0.6 is 11.8 Å². The Bertz CT molecular complexity index is 1720. The number of amides is 1. The molecule has 2 N–H and O–H groups in total. The first kappa shape index (κ1) is 32.3. The lowest BCUT2D eigenvalue weighted by Gasteiger charge is -2.41. The maximum absolute atomic E-state index is 12.2. The molecule has 1 aliphatic rings. The summed E-state index contributed by atoms with van der Waals surface area (Å²) in [7, 11) is 0. The molecule has 4 atom stereocenters. The number of nitrogens with one attached hydrogen (secondary N) is 1. The minimum Gasteiger partial charge on any atom is -0.445 e. The van der Waals surface area contributed by atoms with Crippen molar-refractivity contribution in [3.63, 3.8) is 0 Å². The van der Waals surface area contributed by atoms with Crippen LogP contribution in [-0.4, -0.2) is 34.6 Å². The minimum atomic E-state index is -0.713.